The zero-order valence-electron chi connectivity index (χ0n) is 17.2. The summed E-state index contributed by atoms with van der Waals surface area (Å²) < 4.78 is 22.3. The Morgan fingerprint density at radius 2 is 1.87 bits per heavy atom. The molecule has 0 aliphatic carbocycles. The van der Waals surface area contributed by atoms with Crippen LogP contribution >= 0.6 is 0 Å². The highest BCUT2D eigenvalue weighted by Crippen LogP contribution is 2.25. The Bertz CT molecular complexity index is 783. The van der Waals surface area contributed by atoms with Crippen molar-refractivity contribution in [3.05, 3.63) is 42.0 Å². The third-order valence-electron chi connectivity index (χ3n) is 5.63. The highest BCUT2D eigenvalue weighted by atomic mass is 16.5. The zero-order valence-corrected chi connectivity index (χ0v) is 17.2. The lowest BCUT2D eigenvalue weighted by Crippen LogP contribution is -2.43. The average molecular weight is 415 g/mol. The van der Waals surface area contributed by atoms with Gasteiger partial charge in [-0.2, -0.15) is 4.98 Å². The van der Waals surface area contributed by atoms with Crippen LogP contribution in [0.25, 0.3) is 0 Å². The van der Waals surface area contributed by atoms with E-state index in [1.54, 1.807) is 0 Å². The van der Waals surface area contributed by atoms with Gasteiger partial charge in [-0.15, -0.1) is 0 Å². The van der Waals surface area contributed by atoms with Crippen molar-refractivity contribution in [3.63, 3.8) is 0 Å². The summed E-state index contributed by atoms with van der Waals surface area (Å²) in [5.41, 5.74) is 0. The molecule has 162 valence electrons. The third kappa shape index (κ3) is 5.79. The Morgan fingerprint density at radius 3 is 2.63 bits per heavy atom. The van der Waals surface area contributed by atoms with Gasteiger partial charge in [-0.25, -0.2) is 0 Å². The van der Waals surface area contributed by atoms with Crippen LogP contribution in [0.4, 0.5) is 0 Å². The first-order valence-electron chi connectivity index (χ1n) is 10.8. The van der Waals surface area contributed by atoms with Crippen molar-refractivity contribution in [2.24, 2.45) is 0 Å². The van der Waals surface area contributed by atoms with E-state index in [9.17, 15) is 4.79 Å². The van der Waals surface area contributed by atoms with Crippen LogP contribution in [0.1, 0.15) is 43.3 Å². The molecule has 1 aromatic heterocycles. The average Bonchev–Trinajstić information content (AvgIpc) is 3.28. The summed E-state index contributed by atoms with van der Waals surface area (Å²) in [6.45, 7) is 3.52. The molecule has 0 saturated carbocycles. The predicted octanol–water partition coefficient (Wildman–Crippen LogP) is 2.59. The van der Waals surface area contributed by atoms with E-state index in [1.165, 1.54) is 0 Å². The number of piperidine rings is 1. The van der Waals surface area contributed by atoms with Crippen molar-refractivity contribution < 1.29 is 23.5 Å². The van der Waals surface area contributed by atoms with E-state index in [-0.39, 0.29) is 18.6 Å². The molecule has 0 atom stereocenters. The topological polar surface area (TPSA) is 86.9 Å². The van der Waals surface area contributed by atoms with E-state index in [2.05, 4.69) is 10.1 Å². The van der Waals surface area contributed by atoms with Crippen molar-refractivity contribution in [3.8, 4) is 5.75 Å². The monoisotopic (exact) mass is 415 g/mol. The second-order valence-corrected chi connectivity index (χ2v) is 7.74. The number of carbonyl (C=O) groups is 1. The fourth-order valence-electron chi connectivity index (χ4n) is 3.82. The van der Waals surface area contributed by atoms with Gasteiger partial charge in [-0.05, 0) is 37.8 Å². The van der Waals surface area contributed by atoms with Gasteiger partial charge in [0.1, 0.15) is 5.75 Å². The number of nitrogens with zero attached hydrogens (tertiary/aromatic N) is 3. The SMILES string of the molecule is O=C(COc1ccccc1)N1CCC(OCCc2noc(C3CCOCC3)n2)CC1. The highest BCUT2D eigenvalue weighted by molar-refractivity contribution is 5.77. The molecule has 2 aliphatic rings. The summed E-state index contributed by atoms with van der Waals surface area (Å²) in [7, 11) is 0. The molecule has 4 rings (SSSR count). The maximum Gasteiger partial charge on any atom is 0.260 e. The van der Waals surface area contributed by atoms with Crippen LogP contribution in [0, 0.1) is 0 Å². The zero-order chi connectivity index (χ0) is 20.6. The van der Waals surface area contributed by atoms with Gasteiger partial charge in [-0.3, -0.25) is 4.79 Å². The molecule has 30 heavy (non-hydrogen) atoms. The first-order chi connectivity index (χ1) is 14.8. The van der Waals surface area contributed by atoms with E-state index in [1.807, 2.05) is 35.2 Å². The summed E-state index contributed by atoms with van der Waals surface area (Å²) >= 11 is 0. The smallest absolute Gasteiger partial charge is 0.260 e. The van der Waals surface area contributed by atoms with Crippen LogP contribution in [0.15, 0.2) is 34.9 Å². The summed E-state index contributed by atoms with van der Waals surface area (Å²) in [6, 6.07) is 9.41. The van der Waals surface area contributed by atoms with E-state index in [4.69, 9.17) is 18.7 Å². The van der Waals surface area contributed by atoms with Gasteiger partial charge in [0.15, 0.2) is 12.4 Å². The molecule has 0 radical (unpaired) electrons. The van der Waals surface area contributed by atoms with E-state index < -0.39 is 0 Å². The van der Waals surface area contributed by atoms with Crippen molar-refractivity contribution in [2.75, 3.05) is 39.5 Å². The second-order valence-electron chi connectivity index (χ2n) is 7.74. The fourth-order valence-corrected chi connectivity index (χ4v) is 3.82. The van der Waals surface area contributed by atoms with Gasteiger partial charge in [0.25, 0.3) is 5.91 Å². The van der Waals surface area contributed by atoms with E-state index in [0.717, 1.165) is 44.8 Å². The van der Waals surface area contributed by atoms with E-state index >= 15 is 0 Å². The minimum atomic E-state index is 0.0183. The molecule has 3 heterocycles. The summed E-state index contributed by atoms with van der Waals surface area (Å²) in [5, 5.41) is 4.08. The number of likely N-dealkylation sites (tertiary alicyclic amines) is 1. The van der Waals surface area contributed by atoms with Crippen molar-refractivity contribution in [1.82, 2.24) is 15.0 Å². The molecule has 2 fully saturated rings. The fraction of sp³-hybridized carbons (Fsp3) is 0.591. The van der Waals surface area contributed by atoms with Crippen LogP contribution in [-0.2, 0) is 20.7 Å². The van der Waals surface area contributed by atoms with Crippen molar-refractivity contribution in [1.29, 1.82) is 0 Å². The van der Waals surface area contributed by atoms with Crippen molar-refractivity contribution in [2.45, 2.75) is 44.1 Å². The molecule has 1 aromatic carbocycles. The molecular formula is C22H29N3O5. The molecule has 0 spiro atoms. The summed E-state index contributed by atoms with van der Waals surface area (Å²) in [6.07, 6.45) is 4.33. The third-order valence-corrected chi connectivity index (χ3v) is 5.63. The molecule has 0 unspecified atom stereocenters. The molecule has 2 aliphatic heterocycles. The maximum absolute atomic E-state index is 12.3. The number of carbonyl (C=O) groups excluding carboxylic acids is 1. The molecule has 1 amide bonds. The standard InChI is InChI=1S/C22H29N3O5/c26-21(16-29-18-4-2-1-3-5-18)25-11-6-19(7-12-25)28-15-10-20-23-22(30-24-20)17-8-13-27-14-9-17/h1-5,17,19H,6-16H2. The summed E-state index contributed by atoms with van der Waals surface area (Å²) in [5.74, 6) is 2.46. The first kappa shape index (κ1) is 20.8. The Kier molecular flexibility index (Phi) is 7.31. The highest BCUT2D eigenvalue weighted by Gasteiger charge is 2.24. The van der Waals surface area contributed by atoms with Crippen LogP contribution in [0.5, 0.6) is 5.75 Å². The number of ether oxygens (including phenoxy) is 3. The lowest BCUT2D eigenvalue weighted by atomic mass is 10.0. The van der Waals surface area contributed by atoms with Crippen LogP contribution in [-0.4, -0.2) is 66.6 Å². The lowest BCUT2D eigenvalue weighted by molar-refractivity contribution is -0.136. The summed E-state index contributed by atoms with van der Waals surface area (Å²) in [4.78, 5) is 18.7. The Hall–Kier alpha value is -2.45. The largest absolute Gasteiger partial charge is 0.484 e. The minimum absolute atomic E-state index is 0.0183. The van der Waals surface area contributed by atoms with Gasteiger partial charge in [0.2, 0.25) is 5.89 Å². The maximum atomic E-state index is 12.3. The number of aromatic nitrogens is 2. The van der Waals surface area contributed by atoms with Crippen LogP contribution < -0.4 is 4.74 Å². The van der Waals surface area contributed by atoms with Crippen LogP contribution in [0.3, 0.4) is 0 Å². The number of benzene rings is 1. The molecule has 0 N–H and O–H groups in total. The molecule has 0 bridgehead atoms. The van der Waals surface area contributed by atoms with Crippen LogP contribution in [0.2, 0.25) is 0 Å². The normalized spacial score (nSPS) is 18.5. The molecule has 8 nitrogen and oxygen atoms in total. The van der Waals surface area contributed by atoms with Gasteiger partial charge in [0, 0.05) is 38.6 Å². The molecule has 2 aromatic rings. The number of hydrogen-bond acceptors (Lipinski definition) is 7. The number of rotatable bonds is 8. The van der Waals surface area contributed by atoms with Gasteiger partial charge in [-0.1, -0.05) is 23.4 Å². The van der Waals surface area contributed by atoms with E-state index in [0.29, 0.717) is 43.6 Å². The number of para-hydroxylation sites is 1. The van der Waals surface area contributed by atoms with Gasteiger partial charge >= 0.3 is 0 Å². The minimum Gasteiger partial charge on any atom is -0.484 e. The Balaban J connectivity index is 1.12. The van der Waals surface area contributed by atoms with Crippen molar-refractivity contribution >= 4 is 5.91 Å². The first-order valence-corrected chi connectivity index (χ1v) is 10.8. The Morgan fingerprint density at radius 1 is 1.10 bits per heavy atom. The number of hydrogen-bond donors (Lipinski definition) is 0. The van der Waals surface area contributed by atoms with Gasteiger partial charge in [0.05, 0.1) is 12.7 Å². The predicted molar refractivity (Wildman–Crippen MR) is 108 cm³/mol. The number of amides is 1. The second kappa shape index (κ2) is 10.5. The molecular weight excluding hydrogens is 386 g/mol. The van der Waals surface area contributed by atoms with Gasteiger partial charge < -0.3 is 23.6 Å². The Labute approximate surface area is 176 Å². The quantitative estimate of drug-likeness (QED) is 0.655. The lowest BCUT2D eigenvalue weighted by Gasteiger charge is -2.31. The molecule has 2 saturated heterocycles. The molecule has 8 heteroatoms.